The van der Waals surface area contributed by atoms with Crippen molar-refractivity contribution in [1.29, 1.82) is 0 Å². The molecule has 0 spiro atoms. The first-order valence-corrected chi connectivity index (χ1v) is 5.25. The zero-order chi connectivity index (χ0) is 14.0. The van der Waals surface area contributed by atoms with Gasteiger partial charge in [0.25, 0.3) is 0 Å². The van der Waals surface area contributed by atoms with Crippen LogP contribution in [0.5, 0.6) is 0 Å². The van der Waals surface area contributed by atoms with Gasteiger partial charge in [-0.05, 0) is 0 Å². The van der Waals surface area contributed by atoms with Crippen molar-refractivity contribution in [1.82, 2.24) is 10.2 Å². The van der Waals surface area contributed by atoms with Crippen LogP contribution in [0, 0.1) is 0 Å². The summed E-state index contributed by atoms with van der Waals surface area (Å²) in [7, 11) is 0. The largest absolute Gasteiger partial charge is 0.480 e. The van der Waals surface area contributed by atoms with E-state index in [9.17, 15) is 19.2 Å². The lowest BCUT2D eigenvalue weighted by Gasteiger charge is -2.16. The summed E-state index contributed by atoms with van der Waals surface area (Å²) in [4.78, 5) is 43.5. The molecule has 0 saturated heterocycles. The van der Waals surface area contributed by atoms with E-state index in [1.165, 1.54) is 4.90 Å². The van der Waals surface area contributed by atoms with Gasteiger partial charge in [0.05, 0.1) is 19.6 Å². The Bertz CT molecular complexity index is 317. The number of nitrogens with zero attached hydrogens (tertiary/aromatic N) is 1. The van der Waals surface area contributed by atoms with Crippen LogP contribution in [0.1, 0.15) is 6.92 Å². The quantitative estimate of drug-likeness (QED) is 0.217. The van der Waals surface area contributed by atoms with E-state index in [1.54, 1.807) is 0 Å². The van der Waals surface area contributed by atoms with E-state index < -0.39 is 17.9 Å². The van der Waals surface area contributed by atoms with Gasteiger partial charge in [-0.3, -0.25) is 19.3 Å². The molecular weight excluding hydrogens is 244 g/mol. The second-order valence-corrected chi connectivity index (χ2v) is 3.44. The molecule has 2 N–H and O–H groups in total. The Morgan fingerprint density at radius 2 is 2.06 bits per heavy atom. The summed E-state index contributed by atoms with van der Waals surface area (Å²) in [6.45, 7) is 1.31. The van der Waals surface area contributed by atoms with Crippen molar-refractivity contribution < 1.29 is 29.0 Å². The minimum atomic E-state index is -1.03. The number of rotatable bonds is 9. The van der Waals surface area contributed by atoms with Gasteiger partial charge in [0.1, 0.15) is 6.29 Å². The average Bonchev–Trinajstić information content (AvgIpc) is 2.22. The lowest BCUT2D eigenvalue weighted by Crippen LogP contribution is -2.38. The van der Waals surface area contributed by atoms with Crippen LogP contribution in [-0.4, -0.2) is 66.9 Å². The lowest BCUT2D eigenvalue weighted by molar-refractivity contribution is -0.157. The van der Waals surface area contributed by atoms with E-state index in [0.717, 1.165) is 6.92 Å². The number of nitrogens with one attached hydrogen (secondary N) is 1. The molecule has 0 aliphatic heterocycles. The molecule has 0 radical (unpaired) electrons. The predicted octanol–water partition coefficient (Wildman–Crippen LogP) is -1.75. The second kappa shape index (κ2) is 9.25. The third-order valence-corrected chi connectivity index (χ3v) is 1.82. The van der Waals surface area contributed by atoms with Gasteiger partial charge in [-0.2, -0.15) is 0 Å². The van der Waals surface area contributed by atoms with E-state index in [0.29, 0.717) is 19.4 Å². The van der Waals surface area contributed by atoms with Crippen LogP contribution in [0.15, 0.2) is 0 Å². The molecule has 0 rings (SSSR count). The summed E-state index contributed by atoms with van der Waals surface area (Å²) < 4.78 is 4.27. The highest BCUT2D eigenvalue weighted by Crippen LogP contribution is 1.85. The van der Waals surface area contributed by atoms with E-state index >= 15 is 0 Å². The third kappa shape index (κ3) is 9.43. The summed E-state index contributed by atoms with van der Waals surface area (Å²) in [6.07, 6.45) is 0.604. The van der Waals surface area contributed by atoms with Crippen LogP contribution in [0.25, 0.3) is 0 Å². The highest BCUT2D eigenvalue weighted by molar-refractivity contribution is 5.85. The van der Waals surface area contributed by atoms with E-state index in [2.05, 4.69) is 10.1 Å². The smallest absolute Gasteiger partial charge is 0.327 e. The molecule has 8 heteroatoms. The van der Waals surface area contributed by atoms with Crippen molar-refractivity contribution in [2.75, 3.05) is 32.7 Å². The molecule has 0 aliphatic carbocycles. The van der Waals surface area contributed by atoms with Gasteiger partial charge in [0, 0.05) is 20.0 Å². The van der Waals surface area contributed by atoms with Crippen molar-refractivity contribution in [2.45, 2.75) is 6.92 Å². The Labute approximate surface area is 104 Å². The Morgan fingerprint density at radius 1 is 1.39 bits per heavy atom. The maximum Gasteiger partial charge on any atom is 0.327 e. The van der Waals surface area contributed by atoms with Crippen molar-refractivity contribution in [2.24, 2.45) is 0 Å². The van der Waals surface area contributed by atoms with Crippen LogP contribution in [0.4, 0.5) is 0 Å². The Morgan fingerprint density at radius 3 is 2.56 bits per heavy atom. The summed E-state index contributed by atoms with van der Waals surface area (Å²) in [5.74, 6) is -2.43. The molecule has 0 saturated carbocycles. The monoisotopic (exact) mass is 260 g/mol. The topological polar surface area (TPSA) is 113 Å². The standard InChI is InChI=1S/C10H16N2O6/c1-8(14)18-10(17)6-11-2-3-12(4-5-13)7-9(15)16/h5,11H,2-4,6-7H2,1H3,(H,15,16). The maximum absolute atomic E-state index is 10.9. The maximum atomic E-state index is 10.9. The number of hydrogen-bond acceptors (Lipinski definition) is 7. The van der Waals surface area contributed by atoms with Gasteiger partial charge >= 0.3 is 17.9 Å². The van der Waals surface area contributed by atoms with Gasteiger partial charge in [0.2, 0.25) is 0 Å². The molecular formula is C10H16N2O6. The molecule has 0 unspecified atom stereocenters. The highest BCUT2D eigenvalue weighted by Gasteiger charge is 2.09. The zero-order valence-corrected chi connectivity index (χ0v) is 10.0. The minimum absolute atomic E-state index is 0.00583. The molecule has 18 heavy (non-hydrogen) atoms. The van der Waals surface area contributed by atoms with E-state index in [4.69, 9.17) is 5.11 Å². The number of aliphatic carboxylic acids is 1. The second-order valence-electron chi connectivity index (χ2n) is 3.44. The summed E-state index contributed by atoms with van der Waals surface area (Å²) in [5, 5.41) is 11.2. The molecule has 102 valence electrons. The normalized spacial score (nSPS) is 10.1. The molecule has 0 amide bonds. The molecule has 0 bridgehead atoms. The predicted molar refractivity (Wildman–Crippen MR) is 59.8 cm³/mol. The third-order valence-electron chi connectivity index (χ3n) is 1.82. The summed E-state index contributed by atoms with van der Waals surface area (Å²) in [6, 6.07) is 0. The fourth-order valence-electron chi connectivity index (χ4n) is 1.16. The molecule has 0 aromatic carbocycles. The number of carboxylic acids is 1. The molecule has 0 aromatic heterocycles. The Kier molecular flexibility index (Phi) is 8.33. The zero-order valence-electron chi connectivity index (χ0n) is 10.0. The van der Waals surface area contributed by atoms with Crippen LogP contribution >= 0.6 is 0 Å². The van der Waals surface area contributed by atoms with Crippen molar-refractivity contribution in [3.05, 3.63) is 0 Å². The summed E-state index contributed by atoms with van der Waals surface area (Å²) >= 11 is 0. The van der Waals surface area contributed by atoms with E-state index in [-0.39, 0.29) is 19.6 Å². The Balaban J connectivity index is 3.78. The summed E-state index contributed by atoms with van der Waals surface area (Å²) in [5.41, 5.74) is 0. The van der Waals surface area contributed by atoms with Crippen LogP contribution in [-0.2, 0) is 23.9 Å². The van der Waals surface area contributed by atoms with Crippen LogP contribution in [0.2, 0.25) is 0 Å². The van der Waals surface area contributed by atoms with Gasteiger partial charge in [-0.15, -0.1) is 0 Å². The molecule has 8 nitrogen and oxygen atoms in total. The molecule has 0 aliphatic rings. The lowest BCUT2D eigenvalue weighted by atomic mass is 10.4. The minimum Gasteiger partial charge on any atom is -0.480 e. The van der Waals surface area contributed by atoms with Crippen LogP contribution in [0.3, 0.4) is 0 Å². The number of carbonyl (C=O) groups excluding carboxylic acids is 3. The van der Waals surface area contributed by atoms with Crippen LogP contribution < -0.4 is 5.32 Å². The van der Waals surface area contributed by atoms with Gasteiger partial charge in [0.15, 0.2) is 0 Å². The number of hydrogen-bond donors (Lipinski definition) is 2. The highest BCUT2D eigenvalue weighted by atomic mass is 16.6. The molecule has 0 fully saturated rings. The van der Waals surface area contributed by atoms with Gasteiger partial charge in [-0.25, -0.2) is 0 Å². The fraction of sp³-hybridized carbons (Fsp3) is 0.600. The van der Waals surface area contributed by atoms with Gasteiger partial charge < -0.3 is 20.0 Å². The Hall–Kier alpha value is -1.80. The van der Waals surface area contributed by atoms with Crippen molar-refractivity contribution in [3.8, 4) is 0 Å². The van der Waals surface area contributed by atoms with Crippen molar-refractivity contribution in [3.63, 3.8) is 0 Å². The number of carbonyl (C=O) groups is 4. The fourth-order valence-corrected chi connectivity index (χ4v) is 1.16. The van der Waals surface area contributed by atoms with Gasteiger partial charge in [-0.1, -0.05) is 0 Å². The molecule has 0 heterocycles. The first-order chi connectivity index (χ1) is 8.45. The first-order valence-electron chi connectivity index (χ1n) is 5.25. The average molecular weight is 260 g/mol. The molecule has 0 aromatic rings. The SMILES string of the molecule is CC(=O)OC(=O)CNCCN(CC=O)CC(=O)O. The number of aldehydes is 1. The number of esters is 2. The first kappa shape index (κ1) is 16.2. The number of carboxylic acid groups (broad SMARTS) is 1. The van der Waals surface area contributed by atoms with E-state index in [1.807, 2.05) is 0 Å². The van der Waals surface area contributed by atoms with Crippen molar-refractivity contribution >= 4 is 24.2 Å². The number of ether oxygens (including phenoxy) is 1. The molecule has 0 atom stereocenters.